The van der Waals surface area contributed by atoms with Gasteiger partial charge in [-0.3, -0.25) is 9.78 Å². The average molecular weight is 546 g/mol. The number of nitrogens with one attached hydrogen (secondary N) is 2. The fourth-order valence-electron chi connectivity index (χ4n) is 5.01. The zero-order valence-electron chi connectivity index (χ0n) is 20.9. The maximum Gasteiger partial charge on any atom is 0.251 e. The first-order valence-corrected chi connectivity index (χ1v) is 12.6. The van der Waals surface area contributed by atoms with Crippen LogP contribution in [0, 0.1) is 17.6 Å². The van der Waals surface area contributed by atoms with Gasteiger partial charge in [0.15, 0.2) is 11.6 Å². The molecule has 1 atom stereocenters. The largest absolute Gasteiger partial charge is 0.378 e. The number of benzene rings is 2. The van der Waals surface area contributed by atoms with Crippen molar-refractivity contribution in [3.05, 3.63) is 59.3 Å². The van der Waals surface area contributed by atoms with Gasteiger partial charge in [0.2, 0.25) is 0 Å². The second-order valence-electron chi connectivity index (χ2n) is 9.62. The van der Waals surface area contributed by atoms with Gasteiger partial charge in [-0.05, 0) is 49.9 Å². The van der Waals surface area contributed by atoms with Crippen LogP contribution in [0.2, 0.25) is 0 Å². The minimum Gasteiger partial charge on any atom is -0.378 e. The lowest BCUT2D eigenvalue weighted by atomic mass is 10.0. The second-order valence-corrected chi connectivity index (χ2v) is 9.62. The Labute approximate surface area is 229 Å². The van der Waals surface area contributed by atoms with Crippen LogP contribution in [0.1, 0.15) is 62.0 Å². The molecule has 206 valence electrons. The molecule has 2 aromatic carbocycles. The average Bonchev–Trinajstić information content (AvgIpc) is 3.43. The maximum atomic E-state index is 13.8. The lowest BCUT2D eigenvalue weighted by Gasteiger charge is -2.28. The van der Waals surface area contributed by atoms with Crippen molar-refractivity contribution in [2.24, 2.45) is 5.92 Å². The van der Waals surface area contributed by atoms with E-state index in [1.807, 2.05) is 13.0 Å². The van der Waals surface area contributed by atoms with E-state index in [0.717, 1.165) is 49.4 Å². The Morgan fingerprint density at radius 1 is 1.13 bits per heavy atom. The summed E-state index contributed by atoms with van der Waals surface area (Å²) >= 11 is 0. The summed E-state index contributed by atoms with van der Waals surface area (Å²) in [5.74, 6) is -0.708. The smallest absolute Gasteiger partial charge is 0.251 e. The number of anilines is 2. The molecule has 0 radical (unpaired) electrons. The van der Waals surface area contributed by atoms with Gasteiger partial charge in [-0.2, -0.15) is 13.5 Å². The number of nitrogens with zero attached hydrogens (tertiary/aromatic N) is 3. The first kappa shape index (κ1) is 29.6. The van der Waals surface area contributed by atoms with E-state index >= 15 is 0 Å². The van der Waals surface area contributed by atoms with Gasteiger partial charge in [0.1, 0.15) is 5.82 Å². The third kappa shape index (κ3) is 6.71. The zero-order valence-corrected chi connectivity index (χ0v) is 21.9. The summed E-state index contributed by atoms with van der Waals surface area (Å²) in [5, 5.41) is 6.30. The van der Waals surface area contributed by atoms with Gasteiger partial charge in [-0.25, -0.2) is 13.8 Å². The molecule has 2 fully saturated rings. The molecule has 1 unspecified atom stereocenters. The highest BCUT2D eigenvalue weighted by Crippen LogP contribution is 2.29. The highest BCUT2D eigenvalue weighted by Gasteiger charge is 2.21. The van der Waals surface area contributed by atoms with E-state index in [2.05, 4.69) is 20.5 Å². The molecule has 7 nitrogen and oxygen atoms in total. The fourth-order valence-corrected chi connectivity index (χ4v) is 5.01. The van der Waals surface area contributed by atoms with Crippen LogP contribution < -0.4 is 15.5 Å². The van der Waals surface area contributed by atoms with E-state index in [1.54, 1.807) is 12.3 Å². The third-order valence-corrected chi connectivity index (χ3v) is 7.06. The Balaban J connectivity index is 0.00000200. The van der Waals surface area contributed by atoms with E-state index < -0.39 is 11.6 Å². The first-order valence-electron chi connectivity index (χ1n) is 12.6. The SMILES string of the molecule is C.CC(Nc1ccc(F)c(F)c1)c1cc(C(=O)NCC2CCCC2)cc2ncc(N3CCOCC3)nc12.S. The van der Waals surface area contributed by atoms with Gasteiger partial charge in [-0.1, -0.05) is 20.3 Å². The Bertz CT molecular complexity index is 1250. The zero-order chi connectivity index (χ0) is 25.1. The van der Waals surface area contributed by atoms with Crippen LogP contribution in [-0.4, -0.2) is 48.7 Å². The Kier molecular flexibility index (Phi) is 10.3. The normalized spacial score (nSPS) is 16.4. The molecule has 2 heterocycles. The number of hydrogen-bond acceptors (Lipinski definition) is 6. The third-order valence-electron chi connectivity index (χ3n) is 7.06. The summed E-state index contributed by atoms with van der Waals surface area (Å²) in [4.78, 5) is 24.8. The van der Waals surface area contributed by atoms with E-state index in [-0.39, 0.29) is 32.9 Å². The quantitative estimate of drug-likeness (QED) is 0.403. The van der Waals surface area contributed by atoms with Crippen LogP contribution in [0.4, 0.5) is 20.3 Å². The second kappa shape index (κ2) is 13.2. The van der Waals surface area contributed by atoms with Crippen molar-refractivity contribution < 1.29 is 18.3 Å². The van der Waals surface area contributed by atoms with E-state index in [4.69, 9.17) is 9.72 Å². The predicted octanol–water partition coefficient (Wildman–Crippen LogP) is 5.59. The van der Waals surface area contributed by atoms with Crippen LogP contribution in [-0.2, 0) is 4.74 Å². The summed E-state index contributed by atoms with van der Waals surface area (Å²) in [6, 6.07) is 6.93. The topological polar surface area (TPSA) is 79.4 Å². The molecule has 1 aliphatic heterocycles. The minimum absolute atomic E-state index is 0. The number of rotatable bonds is 7. The minimum atomic E-state index is -0.925. The molecule has 1 saturated heterocycles. The predicted molar refractivity (Wildman–Crippen MR) is 152 cm³/mol. The molecule has 10 heteroatoms. The number of fused-ring (bicyclic) bond motifs is 1. The van der Waals surface area contributed by atoms with Gasteiger partial charge in [-0.15, -0.1) is 0 Å². The van der Waals surface area contributed by atoms with Crippen molar-refractivity contribution in [1.82, 2.24) is 15.3 Å². The summed E-state index contributed by atoms with van der Waals surface area (Å²) in [6.45, 7) is 5.26. The number of halogens is 2. The van der Waals surface area contributed by atoms with Crippen molar-refractivity contribution in [1.29, 1.82) is 0 Å². The number of carbonyl (C=O) groups is 1. The highest BCUT2D eigenvalue weighted by atomic mass is 32.1. The van der Waals surface area contributed by atoms with Crippen LogP contribution in [0.25, 0.3) is 11.0 Å². The van der Waals surface area contributed by atoms with E-state index in [9.17, 15) is 13.6 Å². The Morgan fingerprint density at radius 2 is 1.87 bits per heavy atom. The monoisotopic (exact) mass is 545 g/mol. The summed E-state index contributed by atoms with van der Waals surface area (Å²) in [5.41, 5.74) is 2.96. The van der Waals surface area contributed by atoms with Gasteiger partial charge in [0.05, 0.1) is 36.5 Å². The number of amides is 1. The Hall–Kier alpha value is -2.98. The lowest BCUT2D eigenvalue weighted by Crippen LogP contribution is -2.36. The standard InChI is InChI=1S/C27H31F2N5O2.CH4.H2S/c1-17(32-20-6-7-22(28)23(29)14-20)21-12-19(27(35)31-15-18-4-2-3-5-18)13-24-26(21)33-25(16-30-24)34-8-10-36-11-9-34;;/h6-7,12-14,16-18,32H,2-5,8-11,15H2,1H3,(H,31,35);1H4;1H2. The molecule has 2 N–H and O–H groups in total. The van der Waals surface area contributed by atoms with Crippen LogP contribution >= 0.6 is 13.5 Å². The van der Waals surface area contributed by atoms with Gasteiger partial charge in [0.25, 0.3) is 5.91 Å². The van der Waals surface area contributed by atoms with Crippen molar-refractivity contribution >= 4 is 41.9 Å². The van der Waals surface area contributed by atoms with Crippen LogP contribution in [0.15, 0.2) is 36.5 Å². The van der Waals surface area contributed by atoms with Crippen LogP contribution in [0.3, 0.4) is 0 Å². The highest BCUT2D eigenvalue weighted by molar-refractivity contribution is 7.59. The molecular formula is C28H37F2N5O2S. The van der Waals surface area contributed by atoms with Gasteiger partial charge in [0, 0.05) is 42.5 Å². The van der Waals surface area contributed by atoms with Crippen molar-refractivity contribution in [2.75, 3.05) is 43.1 Å². The van der Waals surface area contributed by atoms with Crippen molar-refractivity contribution in [3.8, 4) is 0 Å². The number of aromatic nitrogens is 2. The summed E-state index contributed by atoms with van der Waals surface area (Å²) in [7, 11) is 0. The fraction of sp³-hybridized carbons (Fsp3) is 0.464. The molecule has 3 aromatic rings. The molecule has 1 aliphatic carbocycles. The molecular weight excluding hydrogens is 508 g/mol. The molecule has 1 amide bonds. The van der Waals surface area contributed by atoms with Crippen molar-refractivity contribution in [3.63, 3.8) is 0 Å². The molecule has 2 aliphatic rings. The summed E-state index contributed by atoms with van der Waals surface area (Å²) in [6.07, 6.45) is 6.46. The molecule has 1 aromatic heterocycles. The first-order chi connectivity index (χ1) is 17.5. The van der Waals surface area contributed by atoms with Crippen LogP contribution in [0.5, 0.6) is 0 Å². The molecule has 0 bridgehead atoms. The Morgan fingerprint density at radius 3 is 2.58 bits per heavy atom. The van der Waals surface area contributed by atoms with E-state index in [0.29, 0.717) is 48.0 Å². The maximum absolute atomic E-state index is 13.8. The van der Waals surface area contributed by atoms with E-state index in [1.165, 1.54) is 18.9 Å². The number of hydrogen-bond donors (Lipinski definition) is 2. The molecule has 0 spiro atoms. The van der Waals surface area contributed by atoms with Gasteiger partial charge < -0.3 is 20.3 Å². The molecule has 1 saturated carbocycles. The number of morpholine rings is 1. The molecule has 5 rings (SSSR count). The number of carbonyl (C=O) groups excluding carboxylic acids is 1. The molecule has 38 heavy (non-hydrogen) atoms. The van der Waals surface area contributed by atoms with Gasteiger partial charge >= 0.3 is 0 Å². The lowest BCUT2D eigenvalue weighted by molar-refractivity contribution is 0.0947. The van der Waals surface area contributed by atoms with Crippen molar-refractivity contribution in [2.45, 2.75) is 46.1 Å². The summed E-state index contributed by atoms with van der Waals surface area (Å²) < 4.78 is 32.7. The number of ether oxygens (including phenoxy) is 1.